The average molecular weight is 460 g/mol. The number of aromatic nitrogens is 1. The van der Waals surface area contributed by atoms with E-state index in [4.69, 9.17) is 4.42 Å². The number of amides is 2. The van der Waals surface area contributed by atoms with E-state index < -0.39 is 0 Å². The van der Waals surface area contributed by atoms with Gasteiger partial charge in [0.05, 0.1) is 0 Å². The number of hydrogen-bond acceptors (Lipinski definition) is 4. The zero-order valence-electron chi connectivity index (χ0n) is 20.1. The Balaban J connectivity index is 1.19. The van der Waals surface area contributed by atoms with Crippen LogP contribution in [-0.2, 0) is 4.79 Å². The summed E-state index contributed by atoms with van der Waals surface area (Å²) < 4.78 is 5.97. The topological polar surface area (TPSA) is 66.7 Å². The number of fused-ring (bicyclic) bond motifs is 1. The molecule has 0 aliphatic carbocycles. The third kappa shape index (κ3) is 4.86. The van der Waals surface area contributed by atoms with E-state index in [1.165, 1.54) is 5.56 Å². The first-order valence-corrected chi connectivity index (χ1v) is 12.5. The van der Waals surface area contributed by atoms with Crippen molar-refractivity contribution in [2.24, 2.45) is 11.8 Å². The van der Waals surface area contributed by atoms with Gasteiger partial charge in [0.2, 0.25) is 11.8 Å². The van der Waals surface area contributed by atoms with E-state index in [1.54, 1.807) is 6.07 Å². The van der Waals surface area contributed by atoms with Crippen molar-refractivity contribution >= 4 is 22.9 Å². The van der Waals surface area contributed by atoms with Gasteiger partial charge in [0, 0.05) is 43.7 Å². The largest absolute Gasteiger partial charge is 0.436 e. The second-order valence-electron chi connectivity index (χ2n) is 10.1. The summed E-state index contributed by atoms with van der Waals surface area (Å²) in [5, 5.41) is 0. The molecule has 0 N–H and O–H groups in total. The van der Waals surface area contributed by atoms with E-state index in [9.17, 15) is 9.59 Å². The number of carbonyl (C=O) groups excluding carboxylic acids is 2. The van der Waals surface area contributed by atoms with Gasteiger partial charge in [0.25, 0.3) is 5.91 Å². The minimum absolute atomic E-state index is 0.0185. The molecule has 2 fully saturated rings. The second kappa shape index (κ2) is 9.61. The molecule has 2 aromatic carbocycles. The average Bonchev–Trinajstić information content (AvgIpc) is 3.28. The van der Waals surface area contributed by atoms with E-state index in [0.717, 1.165) is 55.8 Å². The van der Waals surface area contributed by atoms with Crippen molar-refractivity contribution in [1.82, 2.24) is 14.8 Å². The molecule has 0 saturated carbocycles. The van der Waals surface area contributed by atoms with Gasteiger partial charge >= 0.3 is 0 Å². The SMILES string of the molecule is Cc1ccc(-c2nc3ccc(C(=O)N4CCC(CC(=O)N5CCC(C)CC5)CC4)cc3o2)cc1. The van der Waals surface area contributed by atoms with Crippen molar-refractivity contribution in [2.45, 2.75) is 46.0 Å². The molecule has 6 nitrogen and oxygen atoms in total. The number of piperidine rings is 2. The fourth-order valence-electron chi connectivity index (χ4n) is 5.03. The number of oxazole rings is 1. The smallest absolute Gasteiger partial charge is 0.253 e. The molecule has 0 spiro atoms. The van der Waals surface area contributed by atoms with E-state index in [-0.39, 0.29) is 11.8 Å². The monoisotopic (exact) mass is 459 g/mol. The summed E-state index contributed by atoms with van der Waals surface area (Å²) in [4.78, 5) is 34.4. The third-order valence-corrected chi connectivity index (χ3v) is 7.44. The van der Waals surface area contributed by atoms with Crippen molar-refractivity contribution in [1.29, 1.82) is 0 Å². The van der Waals surface area contributed by atoms with Crippen LogP contribution in [0.15, 0.2) is 46.9 Å². The maximum absolute atomic E-state index is 13.2. The first-order chi connectivity index (χ1) is 16.5. The van der Waals surface area contributed by atoms with Crippen LogP contribution in [0.25, 0.3) is 22.6 Å². The molecule has 2 saturated heterocycles. The highest BCUT2D eigenvalue weighted by Crippen LogP contribution is 2.28. The highest BCUT2D eigenvalue weighted by Gasteiger charge is 2.28. The number of rotatable bonds is 4. The van der Waals surface area contributed by atoms with Crippen molar-refractivity contribution in [3.05, 3.63) is 53.6 Å². The van der Waals surface area contributed by atoms with Crippen LogP contribution in [-0.4, -0.2) is 52.8 Å². The Labute approximate surface area is 200 Å². The summed E-state index contributed by atoms with van der Waals surface area (Å²) in [7, 11) is 0. The third-order valence-electron chi connectivity index (χ3n) is 7.44. The summed E-state index contributed by atoms with van der Waals surface area (Å²) >= 11 is 0. The van der Waals surface area contributed by atoms with E-state index in [2.05, 4.69) is 11.9 Å². The molecule has 0 unspecified atom stereocenters. The quantitative estimate of drug-likeness (QED) is 0.531. The number of hydrogen-bond donors (Lipinski definition) is 0. The van der Waals surface area contributed by atoms with Gasteiger partial charge < -0.3 is 14.2 Å². The van der Waals surface area contributed by atoms with Gasteiger partial charge in [0.1, 0.15) is 5.52 Å². The lowest BCUT2D eigenvalue weighted by atomic mass is 9.91. The molecule has 178 valence electrons. The predicted octanol–water partition coefficient (Wildman–Crippen LogP) is 5.30. The van der Waals surface area contributed by atoms with Gasteiger partial charge in [0.15, 0.2) is 5.58 Å². The Kier molecular flexibility index (Phi) is 6.40. The van der Waals surface area contributed by atoms with Crippen LogP contribution in [0.2, 0.25) is 0 Å². The molecule has 2 amide bonds. The van der Waals surface area contributed by atoms with Crippen molar-refractivity contribution < 1.29 is 14.0 Å². The highest BCUT2D eigenvalue weighted by molar-refractivity contribution is 5.97. The number of nitrogens with zero attached hydrogens (tertiary/aromatic N) is 3. The number of likely N-dealkylation sites (tertiary alicyclic amines) is 2. The second-order valence-corrected chi connectivity index (χ2v) is 10.1. The normalized spacial score (nSPS) is 17.9. The van der Waals surface area contributed by atoms with Crippen LogP contribution in [0.5, 0.6) is 0 Å². The first kappa shape index (κ1) is 22.6. The Morgan fingerprint density at radius 1 is 0.941 bits per heavy atom. The summed E-state index contributed by atoms with van der Waals surface area (Å²) in [5.74, 6) is 1.96. The van der Waals surface area contributed by atoms with Gasteiger partial charge in [-0.15, -0.1) is 0 Å². The maximum Gasteiger partial charge on any atom is 0.253 e. The van der Waals surface area contributed by atoms with Crippen LogP contribution >= 0.6 is 0 Å². The van der Waals surface area contributed by atoms with Crippen molar-refractivity contribution in [2.75, 3.05) is 26.2 Å². The molecule has 5 rings (SSSR count). The van der Waals surface area contributed by atoms with Crippen LogP contribution < -0.4 is 0 Å². The van der Waals surface area contributed by atoms with E-state index in [0.29, 0.717) is 42.5 Å². The number of carbonyl (C=O) groups is 2. The molecular formula is C28H33N3O3. The van der Waals surface area contributed by atoms with Gasteiger partial charge in [-0.2, -0.15) is 0 Å². The van der Waals surface area contributed by atoms with Crippen LogP contribution in [0.3, 0.4) is 0 Å². The lowest BCUT2D eigenvalue weighted by molar-refractivity contribution is -0.133. The minimum Gasteiger partial charge on any atom is -0.436 e. The van der Waals surface area contributed by atoms with E-state index >= 15 is 0 Å². The van der Waals surface area contributed by atoms with Gasteiger partial charge in [-0.05, 0) is 74.8 Å². The Morgan fingerprint density at radius 3 is 2.32 bits per heavy atom. The summed E-state index contributed by atoms with van der Waals surface area (Å²) in [6, 6.07) is 13.5. The predicted molar refractivity (Wildman–Crippen MR) is 132 cm³/mol. The standard InChI is InChI=1S/C28H33N3O3/c1-19-3-5-22(6-4-19)27-29-24-8-7-23(18-25(24)34-27)28(33)31-15-11-21(12-16-31)17-26(32)30-13-9-20(2)10-14-30/h3-8,18,20-21H,9-17H2,1-2H3. The molecular weight excluding hydrogens is 426 g/mol. The number of benzene rings is 2. The summed E-state index contributed by atoms with van der Waals surface area (Å²) in [6.07, 6.45) is 4.59. The first-order valence-electron chi connectivity index (χ1n) is 12.5. The van der Waals surface area contributed by atoms with Crippen LogP contribution in [0.4, 0.5) is 0 Å². The molecule has 3 heterocycles. The maximum atomic E-state index is 13.2. The molecule has 0 atom stereocenters. The summed E-state index contributed by atoms with van der Waals surface area (Å²) in [6.45, 7) is 7.48. The molecule has 2 aliphatic rings. The Morgan fingerprint density at radius 2 is 1.62 bits per heavy atom. The molecule has 2 aliphatic heterocycles. The van der Waals surface area contributed by atoms with Gasteiger partial charge in [-0.25, -0.2) is 4.98 Å². The molecule has 3 aromatic rings. The lowest BCUT2D eigenvalue weighted by Crippen LogP contribution is -2.42. The molecule has 1 aromatic heterocycles. The fourth-order valence-corrected chi connectivity index (χ4v) is 5.03. The molecule has 6 heteroatoms. The zero-order chi connectivity index (χ0) is 23.7. The van der Waals surface area contributed by atoms with Crippen molar-refractivity contribution in [3.8, 4) is 11.5 Å². The van der Waals surface area contributed by atoms with Gasteiger partial charge in [-0.1, -0.05) is 24.6 Å². The molecule has 0 radical (unpaired) electrons. The zero-order valence-corrected chi connectivity index (χ0v) is 20.1. The van der Waals surface area contributed by atoms with Crippen LogP contribution in [0, 0.1) is 18.8 Å². The Bertz CT molecular complexity index is 1170. The van der Waals surface area contributed by atoms with Gasteiger partial charge in [-0.3, -0.25) is 9.59 Å². The van der Waals surface area contributed by atoms with E-state index in [1.807, 2.05) is 53.1 Å². The number of aryl methyl sites for hydroxylation is 1. The van der Waals surface area contributed by atoms with Crippen molar-refractivity contribution in [3.63, 3.8) is 0 Å². The molecule has 34 heavy (non-hydrogen) atoms. The minimum atomic E-state index is 0.0185. The molecule has 0 bridgehead atoms. The fraction of sp³-hybridized carbons (Fsp3) is 0.464. The Hall–Kier alpha value is -3.15. The van der Waals surface area contributed by atoms with Crippen LogP contribution in [0.1, 0.15) is 54.9 Å². The highest BCUT2D eigenvalue weighted by atomic mass is 16.3. The lowest BCUT2D eigenvalue weighted by Gasteiger charge is -2.34. The summed E-state index contributed by atoms with van der Waals surface area (Å²) in [5.41, 5.74) is 4.10.